The zero-order chi connectivity index (χ0) is 20.1. The lowest BCUT2D eigenvalue weighted by Crippen LogP contribution is -2.51. The van der Waals surface area contributed by atoms with E-state index >= 15 is 0 Å². The van der Waals surface area contributed by atoms with Crippen molar-refractivity contribution in [2.24, 2.45) is 0 Å². The Kier molecular flexibility index (Phi) is 6.18. The van der Waals surface area contributed by atoms with Gasteiger partial charge in [-0.2, -0.15) is 5.01 Å². The Balaban J connectivity index is 1.64. The minimum Gasteiger partial charge on any atom is -0.497 e. The number of carbonyl (C=O) groups is 3. The molecule has 1 unspecified atom stereocenters. The number of imide groups is 1. The molecule has 2 heterocycles. The van der Waals surface area contributed by atoms with Gasteiger partial charge in [0.15, 0.2) is 0 Å². The second kappa shape index (κ2) is 8.60. The van der Waals surface area contributed by atoms with Gasteiger partial charge in [-0.05, 0) is 50.6 Å². The number of rotatable bonds is 5. The van der Waals surface area contributed by atoms with Crippen molar-refractivity contribution in [1.29, 1.82) is 0 Å². The van der Waals surface area contributed by atoms with Gasteiger partial charge in [-0.25, -0.2) is 4.79 Å². The summed E-state index contributed by atoms with van der Waals surface area (Å²) in [5.41, 5.74) is 1.85. The lowest BCUT2D eigenvalue weighted by molar-refractivity contribution is -0.139. The summed E-state index contributed by atoms with van der Waals surface area (Å²) in [5, 5.41) is 3.47. The lowest BCUT2D eigenvalue weighted by Gasteiger charge is -2.25. The van der Waals surface area contributed by atoms with Crippen molar-refractivity contribution in [3.05, 3.63) is 29.8 Å². The molecule has 1 aromatic rings. The minimum absolute atomic E-state index is 0.177. The number of hydrogen-bond donors (Lipinski definition) is 2. The van der Waals surface area contributed by atoms with Crippen LogP contribution in [0.15, 0.2) is 24.3 Å². The molecule has 8 nitrogen and oxygen atoms in total. The van der Waals surface area contributed by atoms with Crippen molar-refractivity contribution in [3.63, 3.8) is 0 Å². The Morgan fingerprint density at radius 1 is 1.11 bits per heavy atom. The number of methoxy groups -OCH3 is 1. The number of ether oxygens (including phenoxy) is 1. The van der Waals surface area contributed by atoms with E-state index in [0.29, 0.717) is 11.3 Å². The second-order valence-corrected chi connectivity index (χ2v) is 7.50. The number of carbonyl (C=O) groups excluding carboxylic acids is 3. The maximum Gasteiger partial charge on any atom is 0.344 e. The first-order valence-electron chi connectivity index (χ1n) is 9.77. The molecule has 28 heavy (non-hydrogen) atoms. The highest BCUT2D eigenvalue weighted by molar-refractivity contribution is 6.08. The fraction of sp³-hybridized carbons (Fsp3) is 0.550. The van der Waals surface area contributed by atoms with Crippen molar-refractivity contribution in [3.8, 4) is 5.75 Å². The summed E-state index contributed by atoms with van der Waals surface area (Å²) in [6, 6.07) is 6.27. The Morgan fingerprint density at radius 3 is 2.32 bits per heavy atom. The quantitative estimate of drug-likeness (QED) is 0.750. The molecule has 1 atom stereocenters. The van der Waals surface area contributed by atoms with Crippen LogP contribution in [0.4, 0.5) is 4.79 Å². The summed E-state index contributed by atoms with van der Waals surface area (Å²) in [4.78, 5) is 39.8. The molecule has 3 rings (SSSR count). The average molecular weight is 388 g/mol. The molecule has 2 fully saturated rings. The molecule has 0 bridgehead atoms. The van der Waals surface area contributed by atoms with E-state index in [1.54, 1.807) is 38.3 Å². The van der Waals surface area contributed by atoms with Crippen molar-refractivity contribution in [2.75, 3.05) is 26.7 Å². The normalized spacial score (nSPS) is 23.7. The first-order valence-corrected chi connectivity index (χ1v) is 9.77. The third kappa shape index (κ3) is 4.27. The highest BCUT2D eigenvalue weighted by Crippen LogP contribution is 2.29. The monoisotopic (exact) mass is 388 g/mol. The molecule has 8 heteroatoms. The largest absolute Gasteiger partial charge is 0.497 e. The molecule has 2 aliphatic rings. The molecule has 2 aliphatic heterocycles. The van der Waals surface area contributed by atoms with Gasteiger partial charge in [-0.3, -0.25) is 19.9 Å². The highest BCUT2D eigenvalue weighted by atomic mass is 16.5. The average Bonchev–Trinajstić information content (AvgIpc) is 2.88. The van der Waals surface area contributed by atoms with Crippen molar-refractivity contribution in [2.45, 2.75) is 44.6 Å². The van der Waals surface area contributed by atoms with Gasteiger partial charge in [-0.1, -0.05) is 31.4 Å². The molecular formula is C20H28N4O4. The molecule has 2 saturated heterocycles. The van der Waals surface area contributed by atoms with E-state index in [2.05, 4.69) is 15.6 Å². The molecule has 0 saturated carbocycles. The van der Waals surface area contributed by atoms with Crippen LogP contribution in [0.25, 0.3) is 0 Å². The second-order valence-electron chi connectivity index (χ2n) is 7.50. The highest BCUT2D eigenvalue weighted by Gasteiger charge is 2.50. The van der Waals surface area contributed by atoms with Gasteiger partial charge in [0.2, 0.25) is 0 Å². The third-order valence-electron chi connectivity index (χ3n) is 5.41. The predicted octanol–water partition coefficient (Wildman–Crippen LogP) is 1.76. The predicted molar refractivity (Wildman–Crippen MR) is 103 cm³/mol. The van der Waals surface area contributed by atoms with Gasteiger partial charge in [0.1, 0.15) is 11.3 Å². The number of benzene rings is 1. The summed E-state index contributed by atoms with van der Waals surface area (Å²) < 4.78 is 5.13. The van der Waals surface area contributed by atoms with E-state index in [1.807, 2.05) is 0 Å². The van der Waals surface area contributed by atoms with Gasteiger partial charge in [0, 0.05) is 0 Å². The van der Waals surface area contributed by atoms with E-state index in [4.69, 9.17) is 4.74 Å². The summed E-state index contributed by atoms with van der Waals surface area (Å²) in [6.07, 6.45) is 5.71. The Bertz CT molecular complexity index is 728. The number of amides is 4. The smallest absolute Gasteiger partial charge is 0.344 e. The van der Waals surface area contributed by atoms with E-state index in [0.717, 1.165) is 30.9 Å². The van der Waals surface area contributed by atoms with Gasteiger partial charge < -0.3 is 10.1 Å². The number of hydrogen-bond acceptors (Lipinski definition) is 5. The lowest BCUT2D eigenvalue weighted by atomic mass is 9.92. The summed E-state index contributed by atoms with van der Waals surface area (Å²) in [7, 11) is 1.56. The topological polar surface area (TPSA) is 91.0 Å². The fourth-order valence-corrected chi connectivity index (χ4v) is 3.69. The van der Waals surface area contributed by atoms with E-state index in [1.165, 1.54) is 19.3 Å². The van der Waals surface area contributed by atoms with Crippen LogP contribution in [0.5, 0.6) is 5.75 Å². The Morgan fingerprint density at radius 2 is 1.71 bits per heavy atom. The first kappa shape index (κ1) is 20.1. The first-order chi connectivity index (χ1) is 13.4. The zero-order valence-corrected chi connectivity index (χ0v) is 16.5. The molecule has 4 amide bonds. The summed E-state index contributed by atoms with van der Waals surface area (Å²) in [5.74, 6) is -0.214. The standard InChI is InChI=1S/C20H28N4O4/c1-20(15-8-10-16(28-2)11-9-15)18(26)24(19(27)21-20)22-17(25)14-23-12-6-4-3-5-7-13-23/h8-11H,3-7,12-14H2,1-2H3,(H,21,27)(H,22,25). The number of hydrazine groups is 1. The van der Waals surface area contributed by atoms with Crippen LogP contribution in [-0.4, -0.2) is 54.5 Å². The van der Waals surface area contributed by atoms with E-state index < -0.39 is 17.5 Å². The number of nitrogens with one attached hydrogen (secondary N) is 2. The van der Waals surface area contributed by atoms with E-state index in [-0.39, 0.29) is 12.5 Å². The fourth-order valence-electron chi connectivity index (χ4n) is 3.69. The maximum atomic E-state index is 12.9. The molecule has 0 aliphatic carbocycles. The molecule has 152 valence electrons. The summed E-state index contributed by atoms with van der Waals surface area (Å²) in [6.45, 7) is 3.52. The molecule has 0 aromatic heterocycles. The number of likely N-dealkylation sites (tertiary alicyclic amines) is 1. The van der Waals surface area contributed by atoms with Crippen molar-refractivity contribution >= 4 is 17.8 Å². The van der Waals surface area contributed by atoms with Crippen molar-refractivity contribution < 1.29 is 19.1 Å². The van der Waals surface area contributed by atoms with Crippen LogP contribution < -0.4 is 15.5 Å². The third-order valence-corrected chi connectivity index (χ3v) is 5.41. The number of urea groups is 1. The van der Waals surface area contributed by atoms with Crippen LogP contribution in [0.3, 0.4) is 0 Å². The minimum atomic E-state index is -1.24. The van der Waals surface area contributed by atoms with Crippen LogP contribution in [0.1, 0.15) is 44.6 Å². The SMILES string of the molecule is COc1ccc(C2(C)NC(=O)N(NC(=O)CN3CCCCCCC3)C2=O)cc1. The molecule has 0 spiro atoms. The zero-order valence-electron chi connectivity index (χ0n) is 16.5. The molecule has 2 N–H and O–H groups in total. The van der Waals surface area contributed by atoms with Gasteiger partial charge in [-0.15, -0.1) is 0 Å². The molecule has 0 radical (unpaired) electrons. The number of nitrogens with zero attached hydrogens (tertiary/aromatic N) is 2. The van der Waals surface area contributed by atoms with Crippen LogP contribution in [0.2, 0.25) is 0 Å². The van der Waals surface area contributed by atoms with Crippen LogP contribution in [0, 0.1) is 0 Å². The van der Waals surface area contributed by atoms with Crippen LogP contribution in [-0.2, 0) is 15.1 Å². The summed E-state index contributed by atoms with van der Waals surface area (Å²) >= 11 is 0. The van der Waals surface area contributed by atoms with E-state index in [9.17, 15) is 14.4 Å². The maximum absolute atomic E-state index is 12.9. The van der Waals surface area contributed by atoms with Gasteiger partial charge in [0.05, 0.1) is 13.7 Å². The molecule has 1 aromatic carbocycles. The van der Waals surface area contributed by atoms with Crippen molar-refractivity contribution in [1.82, 2.24) is 20.7 Å². The molecular weight excluding hydrogens is 360 g/mol. The van der Waals surface area contributed by atoms with Gasteiger partial charge in [0.25, 0.3) is 11.8 Å². The van der Waals surface area contributed by atoms with Gasteiger partial charge >= 0.3 is 6.03 Å². The Hall–Kier alpha value is -2.61. The van der Waals surface area contributed by atoms with Crippen LogP contribution >= 0.6 is 0 Å². The Labute approximate surface area is 165 Å².